The van der Waals surface area contributed by atoms with E-state index >= 15 is 0 Å². The van der Waals surface area contributed by atoms with E-state index in [1.807, 2.05) is 19.2 Å². The van der Waals surface area contributed by atoms with Crippen LogP contribution in [0.25, 0.3) is 22.2 Å². The highest BCUT2D eigenvalue weighted by Crippen LogP contribution is 2.35. The van der Waals surface area contributed by atoms with Gasteiger partial charge in [0.15, 0.2) is 0 Å². The third-order valence-corrected chi connectivity index (χ3v) is 5.02. The lowest BCUT2D eigenvalue weighted by Gasteiger charge is -2.15. The quantitative estimate of drug-likeness (QED) is 0.539. The van der Waals surface area contributed by atoms with Crippen molar-refractivity contribution in [3.63, 3.8) is 0 Å². The Balaban J connectivity index is 2.36. The van der Waals surface area contributed by atoms with E-state index in [2.05, 4.69) is 37.9 Å². The Morgan fingerprint density at radius 3 is 2.33 bits per heavy atom. The molecule has 0 atom stereocenters. The van der Waals surface area contributed by atoms with E-state index in [0.717, 1.165) is 44.9 Å². The Hall–Kier alpha value is -1.64. The van der Waals surface area contributed by atoms with Gasteiger partial charge in [-0.2, -0.15) is 0 Å². The molecule has 0 aliphatic heterocycles. The third kappa shape index (κ3) is 2.89. The van der Waals surface area contributed by atoms with Gasteiger partial charge in [0.1, 0.15) is 0 Å². The van der Waals surface area contributed by atoms with Crippen LogP contribution in [0.5, 0.6) is 0 Å². The second kappa shape index (κ2) is 6.70. The molecule has 124 valence electrons. The molecule has 3 rings (SSSR count). The van der Waals surface area contributed by atoms with Crippen LogP contribution in [0.4, 0.5) is 0 Å². The van der Waals surface area contributed by atoms with Gasteiger partial charge in [0.25, 0.3) is 0 Å². The number of rotatable bonds is 3. The molecule has 0 saturated heterocycles. The zero-order valence-corrected chi connectivity index (χ0v) is 15.9. The van der Waals surface area contributed by atoms with Gasteiger partial charge in [0, 0.05) is 28.7 Å². The average Bonchev–Trinajstić information content (AvgIpc) is 2.51. The number of aryl methyl sites for hydroxylation is 4. The molecule has 2 nitrogen and oxygen atoms in total. The first-order valence-electron chi connectivity index (χ1n) is 8.02. The fourth-order valence-electron chi connectivity index (χ4n) is 3.42. The molecule has 0 amide bonds. The zero-order valence-electron chi connectivity index (χ0n) is 14.4. The minimum atomic E-state index is 0.530. The van der Waals surface area contributed by atoms with Gasteiger partial charge in [-0.05, 0) is 56.9 Å². The number of hydrogen-bond acceptors (Lipinski definition) is 2. The lowest BCUT2D eigenvalue weighted by molar-refractivity contribution is 1.07. The van der Waals surface area contributed by atoms with Crippen molar-refractivity contribution < 1.29 is 0 Å². The van der Waals surface area contributed by atoms with Gasteiger partial charge in [0.2, 0.25) is 0 Å². The molecule has 3 aromatic rings. The van der Waals surface area contributed by atoms with Gasteiger partial charge in [-0.1, -0.05) is 29.3 Å². The highest BCUT2D eigenvalue weighted by atomic mass is 35.5. The number of hydrogen-bond donors (Lipinski definition) is 0. The van der Waals surface area contributed by atoms with Gasteiger partial charge in [-0.3, -0.25) is 9.97 Å². The van der Waals surface area contributed by atoms with Crippen LogP contribution in [0.1, 0.15) is 27.9 Å². The molecule has 1 aromatic carbocycles. The predicted molar refractivity (Wildman–Crippen MR) is 103 cm³/mol. The Morgan fingerprint density at radius 1 is 1.04 bits per heavy atom. The van der Waals surface area contributed by atoms with Crippen molar-refractivity contribution in [2.45, 2.75) is 34.1 Å². The van der Waals surface area contributed by atoms with Crippen LogP contribution < -0.4 is 0 Å². The molecule has 0 saturated carbocycles. The minimum absolute atomic E-state index is 0.530. The zero-order chi connectivity index (χ0) is 17.4. The topological polar surface area (TPSA) is 25.8 Å². The van der Waals surface area contributed by atoms with Crippen LogP contribution >= 0.6 is 23.2 Å². The summed E-state index contributed by atoms with van der Waals surface area (Å²) in [6, 6.07) is 6.29. The summed E-state index contributed by atoms with van der Waals surface area (Å²) in [6.45, 7) is 8.33. The molecule has 0 N–H and O–H groups in total. The van der Waals surface area contributed by atoms with Crippen molar-refractivity contribution >= 4 is 34.1 Å². The normalized spacial score (nSPS) is 11.2. The lowest BCUT2D eigenvalue weighted by Crippen LogP contribution is -2.01. The largest absolute Gasteiger partial charge is 0.254 e. The maximum Gasteiger partial charge on any atom is 0.0983 e. The summed E-state index contributed by atoms with van der Waals surface area (Å²) in [5, 5.41) is 1.68. The molecule has 0 aliphatic rings. The standard InChI is InChI=1S/C20H20Cl2N2/c1-11-9-12(2)17(13(3)10-11)20-19-16(6-8-23-20)18(22)15(5-7-21)14(4)24-19/h6,8-10H,5,7H2,1-4H3. The SMILES string of the molecule is Cc1cc(C)c(-c2nccc3c(Cl)c(CCCl)c(C)nc23)c(C)c1. The highest BCUT2D eigenvalue weighted by molar-refractivity contribution is 6.36. The number of benzene rings is 1. The number of pyridine rings is 2. The van der Waals surface area contributed by atoms with Crippen LogP contribution in [0.15, 0.2) is 24.4 Å². The summed E-state index contributed by atoms with van der Waals surface area (Å²) < 4.78 is 0. The molecule has 0 fully saturated rings. The molecule has 0 bridgehead atoms. The van der Waals surface area contributed by atoms with Gasteiger partial charge in [-0.25, -0.2) is 0 Å². The number of nitrogens with zero attached hydrogens (tertiary/aromatic N) is 2. The van der Waals surface area contributed by atoms with Crippen LogP contribution in [-0.2, 0) is 6.42 Å². The van der Waals surface area contributed by atoms with E-state index in [1.54, 1.807) is 0 Å². The van der Waals surface area contributed by atoms with Crippen molar-refractivity contribution in [3.05, 3.63) is 57.4 Å². The van der Waals surface area contributed by atoms with Crippen molar-refractivity contribution in [2.24, 2.45) is 0 Å². The molecule has 2 aromatic heterocycles. The first kappa shape index (κ1) is 17.2. The molecular weight excluding hydrogens is 339 g/mol. The van der Waals surface area contributed by atoms with Gasteiger partial charge in [-0.15, -0.1) is 11.6 Å². The molecule has 2 heterocycles. The van der Waals surface area contributed by atoms with E-state index in [4.69, 9.17) is 28.2 Å². The summed E-state index contributed by atoms with van der Waals surface area (Å²) in [6.07, 6.45) is 2.53. The summed E-state index contributed by atoms with van der Waals surface area (Å²) >= 11 is 12.6. The van der Waals surface area contributed by atoms with E-state index in [1.165, 1.54) is 16.7 Å². The maximum atomic E-state index is 6.66. The number of halogens is 2. The Labute approximate surface area is 152 Å². The highest BCUT2D eigenvalue weighted by Gasteiger charge is 2.17. The smallest absolute Gasteiger partial charge is 0.0983 e. The Bertz CT molecular complexity index is 910. The molecule has 24 heavy (non-hydrogen) atoms. The van der Waals surface area contributed by atoms with Crippen molar-refractivity contribution in [1.29, 1.82) is 0 Å². The first-order chi connectivity index (χ1) is 11.4. The fourth-order valence-corrected chi connectivity index (χ4v) is 4.00. The van der Waals surface area contributed by atoms with E-state index in [9.17, 15) is 0 Å². The summed E-state index contributed by atoms with van der Waals surface area (Å²) in [7, 11) is 0. The number of alkyl halides is 1. The summed E-state index contributed by atoms with van der Waals surface area (Å²) in [5.74, 6) is 0.530. The van der Waals surface area contributed by atoms with Crippen molar-refractivity contribution in [2.75, 3.05) is 5.88 Å². The average molecular weight is 359 g/mol. The van der Waals surface area contributed by atoms with Crippen molar-refractivity contribution in [1.82, 2.24) is 9.97 Å². The van der Waals surface area contributed by atoms with E-state index < -0.39 is 0 Å². The van der Waals surface area contributed by atoms with Crippen molar-refractivity contribution in [3.8, 4) is 11.3 Å². The third-order valence-electron chi connectivity index (χ3n) is 4.40. The lowest BCUT2D eigenvalue weighted by atomic mass is 9.95. The monoisotopic (exact) mass is 358 g/mol. The first-order valence-corrected chi connectivity index (χ1v) is 8.93. The maximum absolute atomic E-state index is 6.66. The van der Waals surface area contributed by atoms with Crippen LogP contribution in [0.2, 0.25) is 5.02 Å². The van der Waals surface area contributed by atoms with Crippen LogP contribution in [0, 0.1) is 27.7 Å². The molecule has 4 heteroatoms. The second-order valence-electron chi connectivity index (χ2n) is 6.26. The molecule has 0 unspecified atom stereocenters. The minimum Gasteiger partial charge on any atom is -0.254 e. The number of aromatic nitrogens is 2. The van der Waals surface area contributed by atoms with E-state index in [0.29, 0.717) is 5.88 Å². The van der Waals surface area contributed by atoms with Crippen LogP contribution in [-0.4, -0.2) is 15.8 Å². The second-order valence-corrected chi connectivity index (χ2v) is 7.01. The summed E-state index contributed by atoms with van der Waals surface area (Å²) in [5.41, 5.74) is 8.48. The van der Waals surface area contributed by atoms with Gasteiger partial charge >= 0.3 is 0 Å². The van der Waals surface area contributed by atoms with Crippen LogP contribution in [0.3, 0.4) is 0 Å². The van der Waals surface area contributed by atoms with Gasteiger partial charge < -0.3 is 0 Å². The van der Waals surface area contributed by atoms with Gasteiger partial charge in [0.05, 0.1) is 16.2 Å². The fraction of sp³-hybridized carbons (Fsp3) is 0.300. The number of fused-ring (bicyclic) bond motifs is 1. The Kier molecular flexibility index (Phi) is 4.80. The molecule has 0 spiro atoms. The molecule has 0 radical (unpaired) electrons. The molecule has 0 aliphatic carbocycles. The summed E-state index contributed by atoms with van der Waals surface area (Å²) in [4.78, 5) is 9.47. The Morgan fingerprint density at radius 2 is 1.71 bits per heavy atom. The predicted octanol–water partition coefficient (Wildman–Crippen LogP) is 5.97. The van der Waals surface area contributed by atoms with E-state index in [-0.39, 0.29) is 0 Å². The molecular formula is C20H20Cl2N2.